The Labute approximate surface area is 243 Å². The first-order valence-corrected chi connectivity index (χ1v) is 14.8. The summed E-state index contributed by atoms with van der Waals surface area (Å²) in [5.41, 5.74) is 5.44. The van der Waals surface area contributed by atoms with Gasteiger partial charge in [0.25, 0.3) is 5.91 Å². The van der Waals surface area contributed by atoms with Gasteiger partial charge >= 0.3 is 5.97 Å². The number of anilines is 1. The highest BCUT2D eigenvalue weighted by atomic mass is 35.5. The Morgan fingerprint density at radius 1 is 1.13 bits per heavy atom. The largest absolute Gasteiger partial charge is 0.478 e. The number of carboxylic acid groups (broad SMARTS) is 1. The quantitative estimate of drug-likeness (QED) is 0.165. The van der Waals surface area contributed by atoms with Gasteiger partial charge in [0.1, 0.15) is 0 Å². The minimum Gasteiger partial charge on any atom is -0.478 e. The molecule has 0 unspecified atom stereocenters. The van der Waals surface area contributed by atoms with Crippen LogP contribution in [0.5, 0.6) is 0 Å². The maximum atomic E-state index is 13.0. The lowest BCUT2D eigenvalue weighted by atomic mass is 9.88. The molecule has 4 rings (SSSR count). The van der Waals surface area contributed by atoms with E-state index in [1.165, 1.54) is 60.4 Å². The van der Waals surface area contributed by atoms with Crippen LogP contribution in [0.25, 0.3) is 17.3 Å². The lowest BCUT2D eigenvalue weighted by Gasteiger charge is -2.18. The van der Waals surface area contributed by atoms with Crippen LogP contribution < -0.4 is 5.32 Å². The Morgan fingerprint density at radius 2 is 1.87 bits per heavy atom. The molecule has 39 heavy (non-hydrogen) atoms. The monoisotopic (exact) mass is 586 g/mol. The third-order valence-corrected chi connectivity index (χ3v) is 8.37. The molecule has 1 aliphatic rings. The SMILES string of the molecule is CCCCCOCCCc1cccc2c1CCc1sc(NC(=O)c3cc(Cl)c(/C=C(\C)C(=O)O)c(Cl)c3)nc1-2. The zero-order valence-electron chi connectivity index (χ0n) is 22.1. The molecule has 0 saturated heterocycles. The Kier molecular flexibility index (Phi) is 10.2. The topological polar surface area (TPSA) is 88.5 Å². The number of nitrogens with one attached hydrogen (secondary N) is 1. The molecular formula is C30H32Cl2N2O4S. The summed E-state index contributed by atoms with van der Waals surface area (Å²) in [4.78, 5) is 30.1. The van der Waals surface area contributed by atoms with Crippen LogP contribution in [0.3, 0.4) is 0 Å². The maximum absolute atomic E-state index is 13.0. The molecule has 0 atom stereocenters. The van der Waals surface area contributed by atoms with Gasteiger partial charge in [0.2, 0.25) is 0 Å². The second-order valence-corrected chi connectivity index (χ2v) is 11.5. The van der Waals surface area contributed by atoms with Crippen LogP contribution in [-0.4, -0.2) is 35.2 Å². The summed E-state index contributed by atoms with van der Waals surface area (Å²) < 4.78 is 5.79. The second-order valence-electron chi connectivity index (χ2n) is 9.60. The van der Waals surface area contributed by atoms with E-state index in [0.29, 0.717) is 10.7 Å². The Bertz CT molecular complexity index is 1380. The van der Waals surface area contributed by atoms with Crippen molar-refractivity contribution in [2.45, 2.75) is 58.8 Å². The highest BCUT2D eigenvalue weighted by Gasteiger charge is 2.24. The summed E-state index contributed by atoms with van der Waals surface area (Å²) in [5, 5.41) is 12.9. The average Bonchev–Trinajstić information content (AvgIpc) is 3.32. The molecule has 6 nitrogen and oxygen atoms in total. The smallest absolute Gasteiger partial charge is 0.331 e. The van der Waals surface area contributed by atoms with E-state index in [1.54, 1.807) is 0 Å². The third kappa shape index (κ3) is 7.28. The average molecular weight is 588 g/mol. The van der Waals surface area contributed by atoms with Gasteiger partial charge in [-0.25, -0.2) is 9.78 Å². The third-order valence-electron chi connectivity index (χ3n) is 6.71. The lowest BCUT2D eigenvalue weighted by Crippen LogP contribution is -2.12. The van der Waals surface area contributed by atoms with Crippen molar-refractivity contribution in [2.24, 2.45) is 0 Å². The fraction of sp³-hybridized carbons (Fsp3) is 0.367. The van der Waals surface area contributed by atoms with E-state index < -0.39 is 5.97 Å². The molecule has 0 bridgehead atoms. The van der Waals surface area contributed by atoms with E-state index >= 15 is 0 Å². The first-order chi connectivity index (χ1) is 18.8. The predicted molar refractivity (Wildman–Crippen MR) is 159 cm³/mol. The van der Waals surface area contributed by atoms with Gasteiger partial charge in [0.15, 0.2) is 5.13 Å². The van der Waals surface area contributed by atoms with Gasteiger partial charge in [-0.2, -0.15) is 0 Å². The van der Waals surface area contributed by atoms with Crippen molar-refractivity contribution >= 4 is 57.6 Å². The molecule has 3 aromatic rings. The number of nitrogens with zero attached hydrogens (tertiary/aromatic N) is 1. The molecule has 2 N–H and O–H groups in total. The number of thiazole rings is 1. The first kappa shape index (κ1) is 29.3. The van der Waals surface area contributed by atoms with Crippen molar-refractivity contribution in [3.8, 4) is 11.3 Å². The van der Waals surface area contributed by atoms with E-state index in [1.807, 2.05) is 0 Å². The minimum atomic E-state index is -1.07. The lowest BCUT2D eigenvalue weighted by molar-refractivity contribution is -0.132. The molecule has 0 radical (unpaired) electrons. The van der Waals surface area contributed by atoms with Crippen LogP contribution in [0.4, 0.5) is 5.13 Å². The number of ether oxygens (including phenoxy) is 1. The van der Waals surface area contributed by atoms with Crippen molar-refractivity contribution in [1.29, 1.82) is 0 Å². The van der Waals surface area contributed by atoms with Gasteiger partial charge in [0, 0.05) is 40.4 Å². The highest BCUT2D eigenvalue weighted by molar-refractivity contribution is 7.16. The normalized spacial score (nSPS) is 12.7. The van der Waals surface area contributed by atoms with Crippen LogP contribution >= 0.6 is 34.5 Å². The molecule has 2 aromatic carbocycles. The minimum absolute atomic E-state index is 0.0866. The van der Waals surface area contributed by atoms with E-state index in [0.717, 1.165) is 61.5 Å². The number of hydrogen-bond acceptors (Lipinski definition) is 5. The molecule has 1 aliphatic carbocycles. The number of halogens is 2. The molecular weight excluding hydrogens is 555 g/mol. The fourth-order valence-electron chi connectivity index (χ4n) is 4.63. The number of benzene rings is 2. The van der Waals surface area contributed by atoms with Crippen molar-refractivity contribution in [3.05, 3.63) is 73.1 Å². The predicted octanol–water partition coefficient (Wildman–Crippen LogP) is 8.10. The van der Waals surface area contributed by atoms with Crippen LogP contribution in [0, 0.1) is 0 Å². The van der Waals surface area contributed by atoms with Crippen LogP contribution in [0.1, 0.15) is 71.5 Å². The van der Waals surface area contributed by atoms with E-state index in [-0.39, 0.29) is 27.1 Å². The van der Waals surface area contributed by atoms with Crippen LogP contribution in [0.2, 0.25) is 10.0 Å². The van der Waals surface area contributed by atoms with Gasteiger partial charge in [-0.3, -0.25) is 10.1 Å². The summed E-state index contributed by atoms with van der Waals surface area (Å²) in [6.07, 6.45) is 8.71. The number of aryl methyl sites for hydroxylation is 2. The summed E-state index contributed by atoms with van der Waals surface area (Å²) >= 11 is 14.1. The Morgan fingerprint density at radius 3 is 2.59 bits per heavy atom. The summed E-state index contributed by atoms with van der Waals surface area (Å²) in [7, 11) is 0. The number of amides is 1. The molecule has 1 heterocycles. The number of carboxylic acids is 1. The van der Waals surface area contributed by atoms with Crippen molar-refractivity contribution in [3.63, 3.8) is 0 Å². The number of unbranched alkanes of at least 4 members (excludes halogenated alkanes) is 2. The zero-order valence-corrected chi connectivity index (χ0v) is 24.4. The number of aliphatic carboxylic acids is 1. The van der Waals surface area contributed by atoms with Crippen molar-refractivity contribution in [2.75, 3.05) is 18.5 Å². The maximum Gasteiger partial charge on any atom is 0.331 e. The molecule has 0 fully saturated rings. The van der Waals surface area contributed by atoms with Gasteiger partial charge in [-0.05, 0) is 68.4 Å². The summed E-state index contributed by atoms with van der Waals surface area (Å²) in [6, 6.07) is 9.34. The van der Waals surface area contributed by atoms with Gasteiger partial charge in [-0.1, -0.05) is 61.2 Å². The van der Waals surface area contributed by atoms with E-state index in [2.05, 4.69) is 30.4 Å². The second kappa shape index (κ2) is 13.6. The molecule has 0 aliphatic heterocycles. The number of hydrogen-bond donors (Lipinski definition) is 2. The Balaban J connectivity index is 1.45. The van der Waals surface area contributed by atoms with Crippen LogP contribution in [0.15, 0.2) is 35.9 Å². The first-order valence-electron chi connectivity index (χ1n) is 13.2. The van der Waals surface area contributed by atoms with E-state index in [9.17, 15) is 9.59 Å². The van der Waals surface area contributed by atoms with Gasteiger partial charge in [-0.15, -0.1) is 11.3 Å². The molecule has 1 aromatic heterocycles. The van der Waals surface area contributed by atoms with Crippen LogP contribution in [-0.2, 0) is 28.8 Å². The number of rotatable bonds is 12. The zero-order chi connectivity index (χ0) is 27.9. The summed E-state index contributed by atoms with van der Waals surface area (Å²) in [5.74, 6) is -1.46. The Hall–Kier alpha value is -2.71. The standard InChI is InChI=1S/C30H32Cl2N2O4S/c1-3-4-5-13-38-14-7-9-19-8-6-10-22-21(19)11-12-26-27(22)33-30(39-26)34-28(35)20-16-24(31)23(25(32)17-20)15-18(2)29(36)37/h6,8,10,15-17H,3-5,7,9,11-14H2,1-2H3,(H,36,37)(H,33,34,35)/b18-15+. The fourth-order valence-corrected chi connectivity index (χ4v) is 6.20. The van der Waals surface area contributed by atoms with Gasteiger partial charge < -0.3 is 9.84 Å². The molecule has 0 saturated carbocycles. The number of carbonyl (C=O) groups excluding carboxylic acids is 1. The number of aromatic nitrogens is 1. The number of fused-ring (bicyclic) bond motifs is 3. The summed E-state index contributed by atoms with van der Waals surface area (Å²) in [6.45, 7) is 5.25. The van der Waals surface area contributed by atoms with E-state index in [4.69, 9.17) is 38.0 Å². The van der Waals surface area contributed by atoms with Gasteiger partial charge in [0.05, 0.1) is 15.7 Å². The highest BCUT2D eigenvalue weighted by Crippen LogP contribution is 2.40. The molecule has 1 amide bonds. The number of carbonyl (C=O) groups is 2. The van der Waals surface area contributed by atoms with Crippen molar-refractivity contribution in [1.82, 2.24) is 4.98 Å². The molecule has 206 valence electrons. The molecule has 0 spiro atoms. The molecule has 9 heteroatoms. The van der Waals surface area contributed by atoms with Crippen molar-refractivity contribution < 1.29 is 19.4 Å².